The Morgan fingerprint density at radius 2 is 2.04 bits per heavy atom. The van der Waals surface area contributed by atoms with Crippen molar-refractivity contribution in [3.63, 3.8) is 0 Å². The number of rotatable bonds is 4. The molecule has 0 radical (unpaired) electrons. The van der Waals surface area contributed by atoms with Crippen LogP contribution < -0.4 is 5.32 Å². The molecule has 0 spiro atoms. The van der Waals surface area contributed by atoms with E-state index in [4.69, 9.17) is 4.52 Å². The summed E-state index contributed by atoms with van der Waals surface area (Å²) >= 11 is 0. The largest absolute Gasteiger partial charge is 0.355 e. The first-order valence-corrected chi connectivity index (χ1v) is 9.71. The molecular weight excluding hydrogens is 360 g/mol. The van der Waals surface area contributed by atoms with E-state index in [1.54, 1.807) is 19.3 Å². The van der Waals surface area contributed by atoms with Gasteiger partial charge in [0.2, 0.25) is 17.7 Å². The van der Waals surface area contributed by atoms with Gasteiger partial charge < -0.3 is 14.7 Å². The third-order valence-electron chi connectivity index (χ3n) is 5.76. The van der Waals surface area contributed by atoms with E-state index in [2.05, 4.69) is 25.4 Å². The number of fused-ring (bicyclic) bond motifs is 1. The summed E-state index contributed by atoms with van der Waals surface area (Å²) in [4.78, 5) is 39.4. The SMILES string of the molecule is Cc1noc([C@@H]2CNC(=O)[C@H]3CCN(C(=O)CCc4cncnc4)CC[C@H]32)n1. The highest BCUT2D eigenvalue weighted by molar-refractivity contribution is 5.81. The second-order valence-corrected chi connectivity index (χ2v) is 7.51. The number of carbonyl (C=O) groups excluding carboxylic acids is 2. The number of nitrogens with one attached hydrogen (secondary N) is 1. The van der Waals surface area contributed by atoms with E-state index in [1.807, 2.05) is 4.90 Å². The van der Waals surface area contributed by atoms with Crippen LogP contribution in [0.4, 0.5) is 0 Å². The molecule has 2 saturated heterocycles. The van der Waals surface area contributed by atoms with Gasteiger partial charge >= 0.3 is 0 Å². The van der Waals surface area contributed by atoms with E-state index >= 15 is 0 Å². The van der Waals surface area contributed by atoms with Gasteiger partial charge in [0, 0.05) is 44.4 Å². The van der Waals surface area contributed by atoms with Crippen LogP contribution in [0.2, 0.25) is 0 Å². The van der Waals surface area contributed by atoms with E-state index in [9.17, 15) is 9.59 Å². The topological polar surface area (TPSA) is 114 Å². The lowest BCUT2D eigenvalue weighted by atomic mass is 9.75. The van der Waals surface area contributed by atoms with Gasteiger partial charge in [-0.1, -0.05) is 5.16 Å². The molecule has 2 aromatic heterocycles. The predicted molar refractivity (Wildman–Crippen MR) is 97.9 cm³/mol. The number of carbonyl (C=O) groups is 2. The monoisotopic (exact) mass is 384 g/mol. The summed E-state index contributed by atoms with van der Waals surface area (Å²) < 4.78 is 5.39. The molecule has 2 aliphatic heterocycles. The Morgan fingerprint density at radius 3 is 2.79 bits per heavy atom. The lowest BCUT2D eigenvalue weighted by molar-refractivity contribution is -0.132. The summed E-state index contributed by atoms with van der Waals surface area (Å²) in [5.41, 5.74) is 0.950. The van der Waals surface area contributed by atoms with E-state index < -0.39 is 0 Å². The second kappa shape index (κ2) is 8.04. The highest BCUT2D eigenvalue weighted by atomic mass is 16.5. The predicted octanol–water partition coefficient (Wildman–Crippen LogP) is 0.869. The lowest BCUT2D eigenvalue weighted by Crippen LogP contribution is -2.46. The highest BCUT2D eigenvalue weighted by Gasteiger charge is 2.43. The molecular formula is C19H24N6O3. The molecule has 2 aromatic rings. The van der Waals surface area contributed by atoms with Gasteiger partial charge in [-0.05, 0) is 37.7 Å². The first-order chi connectivity index (χ1) is 13.6. The van der Waals surface area contributed by atoms with Gasteiger partial charge in [-0.2, -0.15) is 4.98 Å². The molecule has 0 saturated carbocycles. The molecule has 0 bridgehead atoms. The van der Waals surface area contributed by atoms with Crippen LogP contribution in [0.15, 0.2) is 23.2 Å². The first kappa shape index (κ1) is 18.5. The smallest absolute Gasteiger partial charge is 0.231 e. The van der Waals surface area contributed by atoms with Gasteiger partial charge in [0.25, 0.3) is 0 Å². The third-order valence-corrected chi connectivity index (χ3v) is 5.76. The average Bonchev–Trinajstić information content (AvgIpc) is 3.01. The number of nitrogens with zero attached hydrogens (tertiary/aromatic N) is 5. The van der Waals surface area contributed by atoms with Crippen molar-refractivity contribution in [2.24, 2.45) is 11.8 Å². The number of hydrogen-bond acceptors (Lipinski definition) is 7. The number of aromatic nitrogens is 4. The fourth-order valence-electron chi connectivity index (χ4n) is 4.28. The van der Waals surface area contributed by atoms with E-state index in [-0.39, 0.29) is 29.6 Å². The molecule has 2 aliphatic rings. The first-order valence-electron chi connectivity index (χ1n) is 9.71. The highest BCUT2D eigenvalue weighted by Crippen LogP contribution is 2.38. The Hall–Kier alpha value is -2.84. The maximum absolute atomic E-state index is 12.7. The van der Waals surface area contributed by atoms with Crippen molar-refractivity contribution in [3.8, 4) is 0 Å². The molecule has 4 heterocycles. The Morgan fingerprint density at radius 1 is 1.25 bits per heavy atom. The summed E-state index contributed by atoms with van der Waals surface area (Å²) in [6.07, 6.45) is 7.39. The minimum Gasteiger partial charge on any atom is -0.355 e. The zero-order valence-corrected chi connectivity index (χ0v) is 15.9. The Bertz CT molecular complexity index is 839. The number of piperidine rings is 1. The van der Waals surface area contributed by atoms with Crippen molar-refractivity contribution < 1.29 is 14.1 Å². The third kappa shape index (κ3) is 3.88. The molecule has 0 aromatic carbocycles. The van der Waals surface area contributed by atoms with Crippen LogP contribution in [-0.4, -0.2) is 56.5 Å². The number of amides is 2. The lowest BCUT2D eigenvalue weighted by Gasteiger charge is -2.34. The van der Waals surface area contributed by atoms with Crippen molar-refractivity contribution in [1.82, 2.24) is 30.3 Å². The maximum atomic E-state index is 12.7. The summed E-state index contributed by atoms with van der Waals surface area (Å²) in [6, 6.07) is 0. The average molecular weight is 384 g/mol. The molecule has 2 fully saturated rings. The van der Waals surface area contributed by atoms with Crippen LogP contribution in [0, 0.1) is 18.8 Å². The molecule has 3 atom stereocenters. The summed E-state index contributed by atoms with van der Waals surface area (Å²) in [7, 11) is 0. The molecule has 0 unspecified atom stereocenters. The minimum absolute atomic E-state index is 0.000388. The van der Waals surface area contributed by atoms with Crippen LogP contribution in [0.1, 0.15) is 42.5 Å². The fraction of sp³-hybridized carbons (Fsp3) is 0.579. The van der Waals surface area contributed by atoms with E-state index in [1.165, 1.54) is 6.33 Å². The van der Waals surface area contributed by atoms with Crippen molar-refractivity contribution in [2.45, 2.75) is 38.5 Å². The van der Waals surface area contributed by atoms with Gasteiger partial charge in [0.1, 0.15) is 6.33 Å². The Kier molecular flexibility index (Phi) is 5.31. The quantitative estimate of drug-likeness (QED) is 0.832. The number of likely N-dealkylation sites (tertiary alicyclic amines) is 1. The Labute approximate surface area is 162 Å². The Balaban J connectivity index is 1.42. The normalized spacial score (nSPS) is 25.0. The van der Waals surface area contributed by atoms with Crippen LogP contribution in [0.25, 0.3) is 0 Å². The summed E-state index contributed by atoms with van der Waals surface area (Å²) in [5.74, 6) is 1.32. The minimum atomic E-state index is -0.133. The van der Waals surface area contributed by atoms with Crippen LogP contribution in [0.5, 0.6) is 0 Å². The molecule has 148 valence electrons. The second-order valence-electron chi connectivity index (χ2n) is 7.51. The molecule has 1 N–H and O–H groups in total. The van der Waals surface area contributed by atoms with Gasteiger partial charge in [0.15, 0.2) is 5.82 Å². The fourth-order valence-corrected chi connectivity index (χ4v) is 4.28. The molecule has 0 aliphatic carbocycles. The van der Waals surface area contributed by atoms with Crippen LogP contribution in [-0.2, 0) is 16.0 Å². The van der Waals surface area contributed by atoms with Crippen LogP contribution >= 0.6 is 0 Å². The number of aryl methyl sites for hydroxylation is 2. The van der Waals surface area contributed by atoms with Gasteiger partial charge in [-0.3, -0.25) is 9.59 Å². The van der Waals surface area contributed by atoms with Crippen LogP contribution in [0.3, 0.4) is 0 Å². The zero-order valence-electron chi connectivity index (χ0n) is 15.9. The van der Waals surface area contributed by atoms with Crippen molar-refractivity contribution in [2.75, 3.05) is 19.6 Å². The maximum Gasteiger partial charge on any atom is 0.231 e. The van der Waals surface area contributed by atoms with Crippen molar-refractivity contribution in [1.29, 1.82) is 0 Å². The zero-order chi connectivity index (χ0) is 19.5. The van der Waals surface area contributed by atoms with E-state index in [0.29, 0.717) is 50.6 Å². The van der Waals surface area contributed by atoms with Crippen molar-refractivity contribution >= 4 is 11.8 Å². The summed E-state index contributed by atoms with van der Waals surface area (Å²) in [5, 5.41) is 6.87. The summed E-state index contributed by atoms with van der Waals surface area (Å²) in [6.45, 7) is 3.53. The van der Waals surface area contributed by atoms with Crippen molar-refractivity contribution in [3.05, 3.63) is 36.0 Å². The molecule has 4 rings (SSSR count). The molecule has 9 nitrogen and oxygen atoms in total. The standard InChI is InChI=1S/C19H24N6O3/c1-12-23-19(28-24-12)16-10-22-18(27)15-5-7-25(6-4-14(15)16)17(26)3-2-13-8-20-11-21-9-13/h8-9,11,14-16H,2-7,10H2,1H3,(H,22,27)/t14-,15+,16-/m1/s1. The van der Waals surface area contributed by atoms with E-state index in [0.717, 1.165) is 12.0 Å². The van der Waals surface area contributed by atoms with Gasteiger partial charge in [-0.25, -0.2) is 9.97 Å². The number of hydrogen-bond donors (Lipinski definition) is 1. The van der Waals surface area contributed by atoms with Gasteiger partial charge in [0.05, 0.1) is 5.92 Å². The van der Waals surface area contributed by atoms with Gasteiger partial charge in [-0.15, -0.1) is 0 Å². The molecule has 28 heavy (non-hydrogen) atoms. The molecule has 9 heteroatoms. The molecule has 2 amide bonds.